The summed E-state index contributed by atoms with van der Waals surface area (Å²) in [5, 5.41) is 9.09. The van der Waals surface area contributed by atoms with Crippen molar-refractivity contribution in [1.82, 2.24) is 0 Å². The molecule has 1 aromatic carbocycles. The number of benzene rings is 1. The summed E-state index contributed by atoms with van der Waals surface area (Å²) in [7, 11) is 1.57. The summed E-state index contributed by atoms with van der Waals surface area (Å²) < 4.78 is 15.1. The number of rotatable bonds is 4. The first-order chi connectivity index (χ1) is 8.67. The third-order valence-electron chi connectivity index (χ3n) is 2.78. The van der Waals surface area contributed by atoms with E-state index in [4.69, 9.17) is 19.5 Å². The standard InChI is InChI=1S/C13H13NO4/c1-3-17-12(15)13(8-14)11(18-13)9-4-6-10(16-2)7-5-9/h4-7,11H,3H2,1-2H3/t11-,13+/m0/s1. The number of nitriles is 1. The highest BCUT2D eigenvalue weighted by atomic mass is 16.7. The minimum atomic E-state index is -1.48. The molecule has 0 spiro atoms. The fourth-order valence-corrected chi connectivity index (χ4v) is 1.76. The van der Waals surface area contributed by atoms with Gasteiger partial charge in [-0.25, -0.2) is 4.79 Å². The molecule has 0 radical (unpaired) electrons. The van der Waals surface area contributed by atoms with Crippen LogP contribution in [0.5, 0.6) is 5.75 Å². The van der Waals surface area contributed by atoms with Gasteiger partial charge in [-0.3, -0.25) is 0 Å². The van der Waals surface area contributed by atoms with Crippen LogP contribution in [-0.2, 0) is 14.3 Å². The van der Waals surface area contributed by atoms with Gasteiger partial charge in [0.25, 0.3) is 5.60 Å². The number of methoxy groups -OCH3 is 1. The van der Waals surface area contributed by atoms with Crippen LogP contribution in [0, 0.1) is 11.3 Å². The second-order valence-corrected chi connectivity index (χ2v) is 3.84. The van der Waals surface area contributed by atoms with Gasteiger partial charge in [-0.05, 0) is 24.6 Å². The minimum Gasteiger partial charge on any atom is -0.497 e. The first kappa shape index (κ1) is 12.4. The Balaban J connectivity index is 2.17. The van der Waals surface area contributed by atoms with Crippen LogP contribution in [0.1, 0.15) is 18.6 Å². The summed E-state index contributed by atoms with van der Waals surface area (Å²) >= 11 is 0. The number of epoxide rings is 1. The highest BCUT2D eigenvalue weighted by Gasteiger charge is 2.66. The lowest BCUT2D eigenvalue weighted by molar-refractivity contribution is -0.147. The summed E-state index contributed by atoms with van der Waals surface area (Å²) in [4.78, 5) is 11.7. The molecule has 2 atom stereocenters. The van der Waals surface area contributed by atoms with E-state index in [1.54, 1.807) is 38.3 Å². The van der Waals surface area contributed by atoms with E-state index in [0.29, 0.717) is 5.75 Å². The van der Waals surface area contributed by atoms with Crippen LogP contribution in [0.25, 0.3) is 0 Å². The van der Waals surface area contributed by atoms with Gasteiger partial charge in [-0.15, -0.1) is 0 Å². The Kier molecular flexibility index (Phi) is 3.21. The Morgan fingerprint density at radius 2 is 2.17 bits per heavy atom. The van der Waals surface area contributed by atoms with Crippen molar-refractivity contribution in [2.24, 2.45) is 0 Å². The van der Waals surface area contributed by atoms with Crippen molar-refractivity contribution >= 4 is 5.97 Å². The van der Waals surface area contributed by atoms with Crippen molar-refractivity contribution in [2.75, 3.05) is 13.7 Å². The molecule has 1 fully saturated rings. The third-order valence-corrected chi connectivity index (χ3v) is 2.78. The minimum absolute atomic E-state index is 0.223. The second kappa shape index (κ2) is 4.67. The molecule has 94 valence electrons. The van der Waals surface area contributed by atoms with Crippen LogP contribution in [-0.4, -0.2) is 25.3 Å². The van der Waals surface area contributed by atoms with Gasteiger partial charge in [-0.1, -0.05) is 12.1 Å². The summed E-state index contributed by atoms with van der Waals surface area (Å²) in [6.07, 6.45) is -0.563. The predicted octanol–water partition coefficient (Wildman–Crippen LogP) is 1.59. The van der Waals surface area contributed by atoms with E-state index in [1.165, 1.54) is 0 Å². The Hall–Kier alpha value is -2.06. The molecule has 0 saturated carbocycles. The van der Waals surface area contributed by atoms with Gasteiger partial charge in [0.05, 0.1) is 13.7 Å². The number of nitrogens with zero attached hydrogens (tertiary/aromatic N) is 1. The molecule has 18 heavy (non-hydrogen) atoms. The van der Waals surface area contributed by atoms with Crippen LogP contribution in [0.2, 0.25) is 0 Å². The van der Waals surface area contributed by atoms with Gasteiger partial charge in [0.2, 0.25) is 0 Å². The number of carbonyl (C=O) groups excluding carboxylic acids is 1. The van der Waals surface area contributed by atoms with E-state index in [2.05, 4.69) is 0 Å². The molecule has 2 rings (SSSR count). The summed E-state index contributed by atoms with van der Waals surface area (Å²) in [6.45, 7) is 1.91. The maximum absolute atomic E-state index is 11.7. The van der Waals surface area contributed by atoms with Crippen molar-refractivity contribution in [3.8, 4) is 11.8 Å². The Bertz CT molecular complexity index is 491. The number of ether oxygens (including phenoxy) is 3. The number of hydrogen-bond donors (Lipinski definition) is 0. The Morgan fingerprint density at radius 3 is 2.67 bits per heavy atom. The van der Waals surface area contributed by atoms with Gasteiger partial charge in [-0.2, -0.15) is 5.26 Å². The largest absolute Gasteiger partial charge is 0.497 e. The van der Waals surface area contributed by atoms with Gasteiger partial charge in [0, 0.05) is 0 Å². The van der Waals surface area contributed by atoms with E-state index < -0.39 is 17.7 Å². The molecule has 5 heteroatoms. The SMILES string of the molecule is CCOC(=O)[C@]1(C#N)O[C@H]1c1ccc(OC)cc1. The molecule has 0 N–H and O–H groups in total. The van der Waals surface area contributed by atoms with Gasteiger partial charge >= 0.3 is 5.97 Å². The van der Waals surface area contributed by atoms with Crippen LogP contribution in [0.3, 0.4) is 0 Å². The molecule has 1 aliphatic heterocycles. The second-order valence-electron chi connectivity index (χ2n) is 3.84. The lowest BCUT2D eigenvalue weighted by Gasteiger charge is -2.04. The molecule has 1 saturated heterocycles. The molecular weight excluding hydrogens is 234 g/mol. The fraction of sp³-hybridized carbons (Fsp3) is 0.385. The average Bonchev–Trinajstić information content (AvgIpc) is 3.15. The van der Waals surface area contributed by atoms with Crippen molar-refractivity contribution in [1.29, 1.82) is 5.26 Å². The normalized spacial score (nSPS) is 25.1. The maximum Gasteiger partial charge on any atom is 0.356 e. The molecule has 1 aromatic rings. The fourth-order valence-electron chi connectivity index (χ4n) is 1.76. The molecule has 0 aromatic heterocycles. The lowest BCUT2D eigenvalue weighted by Crippen LogP contribution is -2.26. The molecule has 0 aliphatic carbocycles. The number of esters is 1. The van der Waals surface area contributed by atoms with E-state index in [9.17, 15) is 4.79 Å². The predicted molar refractivity (Wildman–Crippen MR) is 61.8 cm³/mol. The Labute approximate surface area is 105 Å². The molecule has 0 amide bonds. The smallest absolute Gasteiger partial charge is 0.356 e. The zero-order valence-electron chi connectivity index (χ0n) is 10.2. The highest BCUT2D eigenvalue weighted by molar-refractivity contribution is 5.87. The maximum atomic E-state index is 11.7. The van der Waals surface area contributed by atoms with Crippen LogP contribution in [0.15, 0.2) is 24.3 Å². The van der Waals surface area contributed by atoms with Crippen LogP contribution < -0.4 is 4.74 Å². The Morgan fingerprint density at radius 1 is 1.50 bits per heavy atom. The monoisotopic (exact) mass is 247 g/mol. The number of carbonyl (C=O) groups is 1. The zero-order valence-corrected chi connectivity index (χ0v) is 10.2. The molecule has 5 nitrogen and oxygen atoms in total. The molecule has 1 heterocycles. The highest BCUT2D eigenvalue weighted by Crippen LogP contribution is 2.50. The van der Waals surface area contributed by atoms with Crippen molar-refractivity contribution in [3.63, 3.8) is 0 Å². The number of hydrogen-bond acceptors (Lipinski definition) is 5. The molecule has 0 unspecified atom stereocenters. The van der Waals surface area contributed by atoms with Gasteiger partial charge in [0.15, 0.2) is 0 Å². The third kappa shape index (κ3) is 1.91. The summed E-state index contributed by atoms with van der Waals surface area (Å²) in [6, 6.07) is 8.93. The lowest BCUT2D eigenvalue weighted by atomic mass is 10.0. The molecular formula is C13H13NO4. The van der Waals surface area contributed by atoms with E-state index in [1.807, 2.05) is 6.07 Å². The van der Waals surface area contributed by atoms with Crippen molar-refractivity contribution in [3.05, 3.63) is 29.8 Å². The van der Waals surface area contributed by atoms with E-state index >= 15 is 0 Å². The quantitative estimate of drug-likeness (QED) is 0.596. The van der Waals surface area contributed by atoms with E-state index in [-0.39, 0.29) is 6.61 Å². The van der Waals surface area contributed by atoms with Gasteiger partial charge in [0.1, 0.15) is 17.9 Å². The zero-order chi connectivity index (χ0) is 13.2. The van der Waals surface area contributed by atoms with Crippen LogP contribution >= 0.6 is 0 Å². The first-order valence-corrected chi connectivity index (χ1v) is 5.58. The average molecular weight is 247 g/mol. The summed E-state index contributed by atoms with van der Waals surface area (Å²) in [5.74, 6) is 0.0754. The van der Waals surface area contributed by atoms with Gasteiger partial charge < -0.3 is 14.2 Å². The molecule has 0 bridgehead atoms. The van der Waals surface area contributed by atoms with Crippen LogP contribution in [0.4, 0.5) is 0 Å². The van der Waals surface area contributed by atoms with Crippen molar-refractivity contribution in [2.45, 2.75) is 18.6 Å². The van der Waals surface area contributed by atoms with Crippen molar-refractivity contribution < 1.29 is 19.0 Å². The summed E-state index contributed by atoms with van der Waals surface area (Å²) in [5.41, 5.74) is -0.727. The first-order valence-electron chi connectivity index (χ1n) is 5.58. The topological polar surface area (TPSA) is 71.9 Å². The van der Waals surface area contributed by atoms with E-state index in [0.717, 1.165) is 5.56 Å². The molecule has 1 aliphatic rings.